The maximum atomic E-state index is 12.8. The summed E-state index contributed by atoms with van der Waals surface area (Å²) in [6.07, 6.45) is 0. The second-order valence-corrected chi connectivity index (χ2v) is 6.70. The quantitative estimate of drug-likeness (QED) is 0.631. The molecule has 0 saturated heterocycles. The largest absolute Gasteiger partial charge is 0.494 e. The summed E-state index contributed by atoms with van der Waals surface area (Å²) in [5.74, 6) is 0.566. The molecule has 0 aliphatic heterocycles. The third-order valence-corrected chi connectivity index (χ3v) is 4.93. The van der Waals surface area contributed by atoms with E-state index in [1.807, 2.05) is 67.6 Å². The minimum absolute atomic E-state index is 0.198. The van der Waals surface area contributed by atoms with Gasteiger partial charge in [0.05, 0.1) is 17.7 Å². The van der Waals surface area contributed by atoms with Gasteiger partial charge in [-0.2, -0.15) is 5.26 Å². The fraction of sp³-hybridized carbons (Fsp3) is 0.0909. The van der Waals surface area contributed by atoms with Crippen molar-refractivity contribution in [3.63, 3.8) is 0 Å². The number of anilines is 1. The zero-order valence-corrected chi connectivity index (χ0v) is 15.6. The Kier molecular flexibility index (Phi) is 6.14. The minimum Gasteiger partial charge on any atom is -0.494 e. The van der Waals surface area contributed by atoms with Gasteiger partial charge in [-0.25, -0.2) is 0 Å². The van der Waals surface area contributed by atoms with Crippen LogP contribution >= 0.6 is 11.8 Å². The first-order valence-electron chi connectivity index (χ1n) is 8.51. The Hall–Kier alpha value is -3.23. The van der Waals surface area contributed by atoms with Crippen LogP contribution in [-0.2, 0) is 0 Å². The molecule has 3 aromatic carbocycles. The molecule has 27 heavy (non-hydrogen) atoms. The van der Waals surface area contributed by atoms with Crippen LogP contribution in [0.2, 0.25) is 0 Å². The third-order valence-electron chi connectivity index (χ3n) is 3.78. The van der Waals surface area contributed by atoms with Crippen molar-refractivity contribution in [2.75, 3.05) is 11.9 Å². The minimum atomic E-state index is -0.198. The molecule has 0 fully saturated rings. The fourth-order valence-corrected chi connectivity index (χ4v) is 3.53. The van der Waals surface area contributed by atoms with Gasteiger partial charge in [0, 0.05) is 15.5 Å². The summed E-state index contributed by atoms with van der Waals surface area (Å²) in [6, 6.07) is 24.2. The van der Waals surface area contributed by atoms with Crippen molar-refractivity contribution in [3.05, 3.63) is 83.9 Å². The van der Waals surface area contributed by atoms with E-state index in [-0.39, 0.29) is 5.91 Å². The zero-order chi connectivity index (χ0) is 19.1. The molecule has 0 aliphatic rings. The highest BCUT2D eigenvalue weighted by molar-refractivity contribution is 7.99. The van der Waals surface area contributed by atoms with E-state index >= 15 is 0 Å². The first kappa shape index (κ1) is 18.6. The van der Waals surface area contributed by atoms with Crippen molar-refractivity contribution >= 4 is 23.4 Å². The van der Waals surface area contributed by atoms with Gasteiger partial charge in [0.1, 0.15) is 11.8 Å². The molecule has 3 rings (SSSR count). The predicted molar refractivity (Wildman–Crippen MR) is 107 cm³/mol. The van der Waals surface area contributed by atoms with Crippen LogP contribution in [0.3, 0.4) is 0 Å². The maximum Gasteiger partial charge on any atom is 0.256 e. The van der Waals surface area contributed by atoms with Crippen LogP contribution in [0.5, 0.6) is 5.75 Å². The van der Waals surface area contributed by atoms with Crippen LogP contribution in [0.25, 0.3) is 0 Å². The highest BCUT2D eigenvalue weighted by Crippen LogP contribution is 2.33. The van der Waals surface area contributed by atoms with Gasteiger partial charge in [0.15, 0.2) is 0 Å². The number of nitrogens with zero attached hydrogens (tertiary/aromatic N) is 1. The van der Waals surface area contributed by atoms with Crippen LogP contribution in [0.1, 0.15) is 22.8 Å². The first-order chi connectivity index (χ1) is 13.2. The second-order valence-electron chi connectivity index (χ2n) is 5.62. The molecule has 0 aliphatic carbocycles. The SMILES string of the molecule is CCOc1ccc(NC(=O)c2ccccc2Sc2ccccc2C#N)cc1. The van der Waals surface area contributed by atoms with E-state index in [1.165, 1.54) is 11.8 Å². The third kappa shape index (κ3) is 4.69. The molecular weight excluding hydrogens is 356 g/mol. The van der Waals surface area contributed by atoms with E-state index in [4.69, 9.17) is 4.74 Å². The number of nitriles is 1. The Morgan fingerprint density at radius 1 is 1.00 bits per heavy atom. The normalized spacial score (nSPS) is 10.1. The lowest BCUT2D eigenvalue weighted by molar-refractivity contribution is 0.102. The van der Waals surface area contributed by atoms with Crippen LogP contribution in [0, 0.1) is 11.3 Å². The number of carbonyl (C=O) groups is 1. The van der Waals surface area contributed by atoms with E-state index in [1.54, 1.807) is 12.1 Å². The summed E-state index contributed by atoms with van der Waals surface area (Å²) in [5.41, 5.74) is 1.84. The Labute approximate surface area is 162 Å². The smallest absolute Gasteiger partial charge is 0.256 e. The summed E-state index contributed by atoms with van der Waals surface area (Å²) in [6.45, 7) is 2.52. The highest BCUT2D eigenvalue weighted by Gasteiger charge is 2.13. The lowest BCUT2D eigenvalue weighted by Gasteiger charge is -2.11. The fourth-order valence-electron chi connectivity index (χ4n) is 2.51. The molecular formula is C22H18N2O2S. The number of benzene rings is 3. The molecule has 3 aromatic rings. The molecule has 0 spiro atoms. The number of carbonyl (C=O) groups excluding carboxylic acids is 1. The van der Waals surface area contributed by atoms with Gasteiger partial charge < -0.3 is 10.1 Å². The lowest BCUT2D eigenvalue weighted by atomic mass is 10.2. The molecule has 0 saturated carbocycles. The van der Waals surface area contributed by atoms with E-state index in [9.17, 15) is 10.1 Å². The number of hydrogen-bond donors (Lipinski definition) is 1. The number of amides is 1. The number of ether oxygens (including phenoxy) is 1. The number of nitrogens with one attached hydrogen (secondary N) is 1. The van der Waals surface area contributed by atoms with E-state index < -0.39 is 0 Å². The average molecular weight is 374 g/mol. The van der Waals surface area contributed by atoms with Crippen molar-refractivity contribution < 1.29 is 9.53 Å². The molecule has 0 radical (unpaired) electrons. The molecule has 134 valence electrons. The van der Waals surface area contributed by atoms with E-state index in [0.29, 0.717) is 23.4 Å². The summed E-state index contributed by atoms with van der Waals surface area (Å²) < 4.78 is 5.42. The van der Waals surface area contributed by atoms with E-state index in [0.717, 1.165) is 15.5 Å². The van der Waals surface area contributed by atoms with Crippen molar-refractivity contribution in [1.82, 2.24) is 0 Å². The molecule has 0 bridgehead atoms. The van der Waals surface area contributed by atoms with Crippen molar-refractivity contribution in [1.29, 1.82) is 5.26 Å². The Morgan fingerprint density at radius 2 is 1.67 bits per heavy atom. The van der Waals surface area contributed by atoms with Gasteiger partial charge in [-0.05, 0) is 55.5 Å². The van der Waals surface area contributed by atoms with Gasteiger partial charge in [-0.15, -0.1) is 0 Å². The maximum absolute atomic E-state index is 12.8. The Balaban J connectivity index is 1.80. The Bertz CT molecular complexity index is 978. The van der Waals surface area contributed by atoms with Crippen molar-refractivity contribution in [2.24, 2.45) is 0 Å². The van der Waals surface area contributed by atoms with Gasteiger partial charge in [0.25, 0.3) is 5.91 Å². The van der Waals surface area contributed by atoms with Gasteiger partial charge in [-0.3, -0.25) is 4.79 Å². The molecule has 0 aromatic heterocycles. The van der Waals surface area contributed by atoms with Crippen molar-refractivity contribution in [2.45, 2.75) is 16.7 Å². The number of hydrogen-bond acceptors (Lipinski definition) is 4. The molecule has 5 heteroatoms. The predicted octanol–water partition coefficient (Wildman–Crippen LogP) is 5.36. The zero-order valence-electron chi connectivity index (χ0n) is 14.8. The van der Waals surface area contributed by atoms with Crippen molar-refractivity contribution in [3.8, 4) is 11.8 Å². The summed E-state index contributed by atoms with van der Waals surface area (Å²) in [4.78, 5) is 14.4. The highest BCUT2D eigenvalue weighted by atomic mass is 32.2. The Morgan fingerprint density at radius 3 is 2.37 bits per heavy atom. The summed E-state index contributed by atoms with van der Waals surface area (Å²) >= 11 is 1.41. The molecule has 1 N–H and O–H groups in total. The monoisotopic (exact) mass is 374 g/mol. The van der Waals surface area contributed by atoms with Crippen LogP contribution < -0.4 is 10.1 Å². The average Bonchev–Trinajstić information content (AvgIpc) is 2.70. The van der Waals surface area contributed by atoms with Gasteiger partial charge >= 0.3 is 0 Å². The molecule has 4 nitrogen and oxygen atoms in total. The topological polar surface area (TPSA) is 62.1 Å². The molecule has 0 heterocycles. The van der Waals surface area contributed by atoms with Gasteiger partial charge in [-0.1, -0.05) is 36.0 Å². The summed E-state index contributed by atoms with van der Waals surface area (Å²) in [5, 5.41) is 12.2. The van der Waals surface area contributed by atoms with Gasteiger partial charge in [0.2, 0.25) is 0 Å². The standard InChI is InChI=1S/C22H18N2O2S/c1-2-26-18-13-11-17(12-14-18)24-22(25)19-8-4-6-10-21(19)27-20-9-5-3-7-16(20)15-23/h3-14H,2H2,1H3,(H,24,25). The van der Waals surface area contributed by atoms with Crippen LogP contribution in [0.15, 0.2) is 82.6 Å². The molecule has 1 amide bonds. The molecule has 0 atom stereocenters. The van der Waals surface area contributed by atoms with Crippen LogP contribution in [-0.4, -0.2) is 12.5 Å². The second kappa shape index (κ2) is 8.93. The van der Waals surface area contributed by atoms with E-state index in [2.05, 4.69) is 11.4 Å². The summed E-state index contributed by atoms with van der Waals surface area (Å²) in [7, 11) is 0. The lowest BCUT2D eigenvalue weighted by Crippen LogP contribution is -2.12. The van der Waals surface area contributed by atoms with Crippen LogP contribution in [0.4, 0.5) is 5.69 Å². The number of rotatable bonds is 6. The first-order valence-corrected chi connectivity index (χ1v) is 9.33. The molecule has 0 unspecified atom stereocenters.